The molecule has 0 amide bonds. The molecule has 0 bridgehead atoms. The highest BCUT2D eigenvalue weighted by Gasteiger charge is 2.14. The van der Waals surface area contributed by atoms with Crippen LogP contribution in [0, 0.1) is 11.8 Å². The van der Waals surface area contributed by atoms with E-state index in [9.17, 15) is 4.79 Å². The maximum atomic E-state index is 12.1. The first-order chi connectivity index (χ1) is 10.5. The zero-order valence-electron chi connectivity index (χ0n) is 13.7. The van der Waals surface area contributed by atoms with Crippen LogP contribution in [0.25, 0.3) is 10.6 Å². The van der Waals surface area contributed by atoms with Crippen molar-refractivity contribution in [1.29, 1.82) is 0 Å². The SMILES string of the molecule is CC(C)CN(CC(C)C)c1cc(=O)sc(-c2ccccc2)n1. The fraction of sp³-hybridized carbons (Fsp3) is 0.444. The van der Waals surface area contributed by atoms with Crippen LogP contribution in [0.15, 0.2) is 41.2 Å². The van der Waals surface area contributed by atoms with E-state index in [-0.39, 0.29) is 4.74 Å². The van der Waals surface area contributed by atoms with E-state index in [0.29, 0.717) is 11.8 Å². The smallest absolute Gasteiger partial charge is 0.238 e. The Labute approximate surface area is 136 Å². The summed E-state index contributed by atoms with van der Waals surface area (Å²) in [4.78, 5) is 19.1. The van der Waals surface area contributed by atoms with Gasteiger partial charge in [-0.1, -0.05) is 69.4 Å². The van der Waals surface area contributed by atoms with E-state index >= 15 is 0 Å². The predicted octanol–water partition coefficient (Wildman–Crippen LogP) is 4.29. The van der Waals surface area contributed by atoms with Crippen LogP contribution in [0.4, 0.5) is 5.82 Å². The van der Waals surface area contributed by atoms with E-state index in [0.717, 1.165) is 29.5 Å². The van der Waals surface area contributed by atoms with Crippen LogP contribution in [0.3, 0.4) is 0 Å². The summed E-state index contributed by atoms with van der Waals surface area (Å²) in [6.07, 6.45) is 0. The van der Waals surface area contributed by atoms with Crippen LogP contribution >= 0.6 is 11.3 Å². The van der Waals surface area contributed by atoms with Crippen molar-refractivity contribution in [2.75, 3.05) is 18.0 Å². The molecule has 4 heteroatoms. The third-order valence-electron chi connectivity index (χ3n) is 3.18. The molecule has 1 aromatic carbocycles. The summed E-state index contributed by atoms with van der Waals surface area (Å²) in [5.41, 5.74) is 1.00. The van der Waals surface area contributed by atoms with Gasteiger partial charge in [0.2, 0.25) is 4.74 Å². The van der Waals surface area contributed by atoms with E-state index in [2.05, 4.69) is 32.6 Å². The van der Waals surface area contributed by atoms with Gasteiger partial charge in [-0.25, -0.2) is 4.98 Å². The van der Waals surface area contributed by atoms with Gasteiger partial charge in [-0.3, -0.25) is 4.79 Å². The summed E-state index contributed by atoms with van der Waals surface area (Å²) >= 11 is 1.21. The largest absolute Gasteiger partial charge is 0.356 e. The zero-order valence-corrected chi connectivity index (χ0v) is 14.6. The Balaban J connectivity index is 2.40. The molecule has 0 fully saturated rings. The van der Waals surface area contributed by atoms with E-state index in [4.69, 9.17) is 4.98 Å². The Morgan fingerprint density at radius 2 is 1.64 bits per heavy atom. The number of benzene rings is 1. The molecular formula is C18H24N2OS. The quantitative estimate of drug-likeness (QED) is 0.797. The molecule has 2 aromatic rings. The lowest BCUT2D eigenvalue weighted by Gasteiger charge is -2.27. The predicted molar refractivity (Wildman–Crippen MR) is 95.7 cm³/mol. The molecule has 1 heterocycles. The molecule has 0 aliphatic carbocycles. The number of hydrogen-bond acceptors (Lipinski definition) is 4. The van der Waals surface area contributed by atoms with Crippen LogP contribution in [-0.4, -0.2) is 18.1 Å². The van der Waals surface area contributed by atoms with Crippen molar-refractivity contribution in [3.63, 3.8) is 0 Å². The Morgan fingerprint density at radius 1 is 1.05 bits per heavy atom. The molecule has 22 heavy (non-hydrogen) atoms. The maximum absolute atomic E-state index is 12.1. The second-order valence-electron chi connectivity index (χ2n) is 6.40. The average Bonchev–Trinajstić information content (AvgIpc) is 2.46. The van der Waals surface area contributed by atoms with Crippen molar-refractivity contribution in [2.24, 2.45) is 11.8 Å². The van der Waals surface area contributed by atoms with Gasteiger partial charge in [0.25, 0.3) is 0 Å². The number of hydrogen-bond donors (Lipinski definition) is 0. The normalized spacial score (nSPS) is 11.2. The zero-order chi connectivity index (χ0) is 16.1. The van der Waals surface area contributed by atoms with Crippen LogP contribution in [0.5, 0.6) is 0 Å². The molecule has 0 spiro atoms. The minimum atomic E-state index is 0.0568. The van der Waals surface area contributed by atoms with E-state index in [1.807, 2.05) is 30.3 Å². The van der Waals surface area contributed by atoms with E-state index in [1.54, 1.807) is 6.07 Å². The lowest BCUT2D eigenvalue weighted by molar-refractivity contribution is 0.549. The summed E-state index contributed by atoms with van der Waals surface area (Å²) in [6, 6.07) is 11.6. The minimum Gasteiger partial charge on any atom is -0.356 e. The van der Waals surface area contributed by atoms with Gasteiger partial charge < -0.3 is 4.90 Å². The summed E-state index contributed by atoms with van der Waals surface area (Å²) in [6.45, 7) is 10.6. The van der Waals surface area contributed by atoms with Gasteiger partial charge in [-0.05, 0) is 11.8 Å². The summed E-state index contributed by atoms with van der Waals surface area (Å²) in [5, 5.41) is 0.792. The van der Waals surface area contributed by atoms with Gasteiger partial charge >= 0.3 is 0 Å². The fourth-order valence-corrected chi connectivity index (χ4v) is 3.15. The monoisotopic (exact) mass is 316 g/mol. The van der Waals surface area contributed by atoms with Crippen molar-refractivity contribution in [1.82, 2.24) is 4.98 Å². The summed E-state index contributed by atoms with van der Waals surface area (Å²) < 4.78 is 0.0568. The molecule has 0 aliphatic rings. The maximum Gasteiger partial charge on any atom is 0.238 e. The third kappa shape index (κ3) is 4.67. The standard InChI is InChI=1S/C18H24N2OS/c1-13(2)11-20(12-14(3)4)16-10-17(21)22-18(19-16)15-8-6-5-7-9-15/h5-10,13-14H,11-12H2,1-4H3. The molecule has 3 nitrogen and oxygen atoms in total. The average molecular weight is 316 g/mol. The number of anilines is 1. The molecule has 2 rings (SSSR count). The molecule has 0 radical (unpaired) electrons. The van der Waals surface area contributed by atoms with Crippen LogP contribution in [-0.2, 0) is 0 Å². The molecule has 0 saturated heterocycles. The molecule has 0 unspecified atom stereocenters. The first-order valence-electron chi connectivity index (χ1n) is 7.78. The molecule has 1 aromatic heterocycles. The highest BCUT2D eigenvalue weighted by atomic mass is 32.1. The van der Waals surface area contributed by atoms with Gasteiger partial charge in [0.05, 0.1) is 0 Å². The Morgan fingerprint density at radius 3 is 2.18 bits per heavy atom. The Hall–Kier alpha value is -1.68. The van der Waals surface area contributed by atoms with Crippen molar-refractivity contribution in [2.45, 2.75) is 27.7 Å². The molecule has 0 saturated carbocycles. The minimum absolute atomic E-state index is 0.0568. The van der Waals surface area contributed by atoms with E-state index in [1.165, 1.54) is 11.3 Å². The Kier molecular flexibility index (Phi) is 5.72. The number of nitrogens with zero attached hydrogens (tertiary/aromatic N) is 2. The second kappa shape index (κ2) is 7.54. The fourth-order valence-electron chi connectivity index (χ4n) is 2.40. The molecular weight excluding hydrogens is 292 g/mol. The van der Waals surface area contributed by atoms with Crippen molar-refractivity contribution in [3.8, 4) is 10.6 Å². The van der Waals surface area contributed by atoms with Gasteiger partial charge in [-0.2, -0.15) is 0 Å². The van der Waals surface area contributed by atoms with Crippen LogP contribution in [0.2, 0.25) is 0 Å². The van der Waals surface area contributed by atoms with E-state index < -0.39 is 0 Å². The van der Waals surface area contributed by atoms with Crippen LogP contribution in [0.1, 0.15) is 27.7 Å². The van der Waals surface area contributed by atoms with Gasteiger partial charge in [0.1, 0.15) is 10.8 Å². The third-order valence-corrected chi connectivity index (χ3v) is 4.02. The molecule has 0 atom stereocenters. The summed E-state index contributed by atoms with van der Waals surface area (Å²) in [5.74, 6) is 1.85. The number of aromatic nitrogens is 1. The highest BCUT2D eigenvalue weighted by Crippen LogP contribution is 2.23. The van der Waals surface area contributed by atoms with Gasteiger partial charge in [-0.15, -0.1) is 0 Å². The lowest BCUT2D eigenvalue weighted by Crippen LogP contribution is -2.32. The van der Waals surface area contributed by atoms with Crippen molar-refractivity contribution in [3.05, 3.63) is 45.9 Å². The van der Waals surface area contributed by atoms with Crippen molar-refractivity contribution >= 4 is 17.2 Å². The highest BCUT2D eigenvalue weighted by molar-refractivity contribution is 7.12. The molecule has 118 valence electrons. The Bertz CT molecular complexity index is 640. The second-order valence-corrected chi connectivity index (χ2v) is 7.39. The van der Waals surface area contributed by atoms with Gasteiger partial charge in [0.15, 0.2) is 0 Å². The first-order valence-corrected chi connectivity index (χ1v) is 8.60. The van der Waals surface area contributed by atoms with Crippen molar-refractivity contribution < 1.29 is 0 Å². The molecule has 0 N–H and O–H groups in total. The van der Waals surface area contributed by atoms with Crippen LogP contribution < -0.4 is 9.64 Å². The van der Waals surface area contributed by atoms with Gasteiger partial charge in [0, 0.05) is 24.7 Å². The first kappa shape index (κ1) is 16.7. The topological polar surface area (TPSA) is 33.2 Å². The lowest BCUT2D eigenvalue weighted by atomic mass is 10.1. The number of rotatable bonds is 6. The molecule has 0 aliphatic heterocycles. The summed E-state index contributed by atoms with van der Waals surface area (Å²) in [7, 11) is 0.